The number of phenols is 2. The normalized spacial score (nSPS) is 11.5. The second-order valence-corrected chi connectivity index (χ2v) is 6.34. The number of hydrogen-bond donors (Lipinski definition) is 2. The van der Waals surface area contributed by atoms with Gasteiger partial charge in [-0.2, -0.15) is 0 Å². The summed E-state index contributed by atoms with van der Waals surface area (Å²) in [5.74, 6) is 0.640. The number of methoxy groups -OCH3 is 1. The highest BCUT2D eigenvalue weighted by Crippen LogP contribution is 2.32. The number of aromatic hydroxyl groups is 2. The molecule has 2 rings (SSSR count). The molecule has 2 aromatic carbocycles. The Kier molecular flexibility index (Phi) is 7.23. The molecule has 0 heterocycles. The van der Waals surface area contributed by atoms with E-state index in [2.05, 4.69) is 6.08 Å². The summed E-state index contributed by atoms with van der Waals surface area (Å²) < 4.78 is 5.01. The van der Waals surface area contributed by atoms with Crippen LogP contribution >= 0.6 is 23.2 Å². The number of phenolic OH excluding ortho intramolecular Hbond substituents is 2. The molecule has 0 spiro atoms. The van der Waals surface area contributed by atoms with Gasteiger partial charge in [-0.1, -0.05) is 53.6 Å². The Morgan fingerprint density at radius 3 is 2.40 bits per heavy atom. The fourth-order valence-electron chi connectivity index (χ4n) is 2.31. The molecule has 0 aliphatic rings. The van der Waals surface area contributed by atoms with E-state index in [1.165, 1.54) is 13.2 Å². The van der Waals surface area contributed by atoms with Crippen LogP contribution in [0.15, 0.2) is 42.5 Å². The fourth-order valence-corrected chi connectivity index (χ4v) is 2.82. The van der Waals surface area contributed by atoms with Crippen LogP contribution in [0.4, 0.5) is 0 Å². The lowest BCUT2D eigenvalue weighted by molar-refractivity contribution is 0.373. The second-order valence-electron chi connectivity index (χ2n) is 5.49. The van der Waals surface area contributed by atoms with Gasteiger partial charge >= 0.3 is 0 Å². The lowest BCUT2D eigenvalue weighted by atomic mass is 10.1. The van der Waals surface area contributed by atoms with Crippen LogP contribution < -0.4 is 4.74 Å². The minimum Gasteiger partial charge on any atom is -0.506 e. The van der Waals surface area contributed by atoms with Crippen molar-refractivity contribution in [2.75, 3.05) is 7.11 Å². The van der Waals surface area contributed by atoms with E-state index in [0.29, 0.717) is 16.3 Å². The summed E-state index contributed by atoms with van der Waals surface area (Å²) in [7, 11) is 1.52. The third kappa shape index (κ3) is 5.73. The van der Waals surface area contributed by atoms with Crippen molar-refractivity contribution in [3.63, 3.8) is 0 Å². The zero-order valence-corrected chi connectivity index (χ0v) is 15.4. The number of allylic oxidation sites excluding steroid dienone is 2. The lowest BCUT2D eigenvalue weighted by Gasteiger charge is -2.03. The smallest absolute Gasteiger partial charge is 0.160 e. The lowest BCUT2D eigenvalue weighted by Crippen LogP contribution is -1.83. The van der Waals surface area contributed by atoms with Gasteiger partial charge in [-0.15, -0.1) is 0 Å². The summed E-state index contributed by atoms with van der Waals surface area (Å²) in [6.45, 7) is 0. The minimum atomic E-state index is 0.0431. The maximum atomic E-state index is 9.87. The van der Waals surface area contributed by atoms with Gasteiger partial charge in [0.25, 0.3) is 0 Å². The third-order valence-corrected chi connectivity index (χ3v) is 4.12. The molecule has 0 radical (unpaired) electrons. The number of benzene rings is 2. The first kappa shape index (κ1) is 19.2. The first-order valence-electron chi connectivity index (χ1n) is 7.89. The van der Waals surface area contributed by atoms with Gasteiger partial charge < -0.3 is 14.9 Å². The van der Waals surface area contributed by atoms with E-state index >= 15 is 0 Å². The molecule has 2 N–H and O–H groups in total. The van der Waals surface area contributed by atoms with E-state index in [0.717, 1.165) is 24.8 Å². The number of rotatable bonds is 7. The highest BCUT2D eigenvalue weighted by atomic mass is 35.5. The molecule has 0 aliphatic heterocycles. The van der Waals surface area contributed by atoms with Crippen LogP contribution in [0.5, 0.6) is 17.2 Å². The monoisotopic (exact) mass is 378 g/mol. The molecule has 132 valence electrons. The van der Waals surface area contributed by atoms with Crippen LogP contribution in [0.3, 0.4) is 0 Å². The van der Waals surface area contributed by atoms with Gasteiger partial charge in [0.05, 0.1) is 12.1 Å². The largest absolute Gasteiger partial charge is 0.506 e. The van der Waals surface area contributed by atoms with Crippen molar-refractivity contribution in [1.82, 2.24) is 0 Å². The molecule has 0 amide bonds. The van der Waals surface area contributed by atoms with Gasteiger partial charge in [-0.05, 0) is 49.1 Å². The van der Waals surface area contributed by atoms with Crippen LogP contribution in [0, 0.1) is 0 Å². The summed E-state index contributed by atoms with van der Waals surface area (Å²) in [6, 6.07) is 8.48. The molecule has 0 aliphatic carbocycles. The molecule has 0 bridgehead atoms. The van der Waals surface area contributed by atoms with Crippen LogP contribution in [0.25, 0.3) is 12.2 Å². The van der Waals surface area contributed by atoms with Gasteiger partial charge in [-0.25, -0.2) is 0 Å². The minimum absolute atomic E-state index is 0.0431. The van der Waals surface area contributed by atoms with E-state index in [1.807, 2.05) is 24.3 Å². The van der Waals surface area contributed by atoms with Crippen LogP contribution in [-0.2, 0) is 0 Å². The van der Waals surface area contributed by atoms with Crippen molar-refractivity contribution in [3.05, 3.63) is 63.7 Å². The van der Waals surface area contributed by atoms with Gasteiger partial charge in [0.1, 0.15) is 5.75 Å². The van der Waals surface area contributed by atoms with Crippen molar-refractivity contribution < 1.29 is 14.9 Å². The first-order valence-corrected chi connectivity index (χ1v) is 8.65. The molecular formula is C20H20Cl2O3. The van der Waals surface area contributed by atoms with Crippen molar-refractivity contribution in [2.45, 2.75) is 19.3 Å². The van der Waals surface area contributed by atoms with Gasteiger partial charge in [0.15, 0.2) is 11.5 Å². The Balaban J connectivity index is 1.81. The van der Waals surface area contributed by atoms with Crippen LogP contribution in [0.2, 0.25) is 10.0 Å². The standard InChI is InChI=1S/C20H20Cl2O3/c1-25-19-10-9-14(11-18(19)23)7-5-3-2-4-6-8-15-12-16(21)13-17(22)20(15)24/h5-13,23-24H,2-4H2,1H3/b7-5+,8-6+. The Morgan fingerprint density at radius 1 is 1.00 bits per heavy atom. The summed E-state index contributed by atoms with van der Waals surface area (Å²) in [5.41, 5.74) is 1.54. The first-order chi connectivity index (χ1) is 12.0. The Hall–Kier alpha value is -2.10. The summed E-state index contributed by atoms with van der Waals surface area (Å²) in [6.07, 6.45) is 10.5. The molecule has 0 atom stereocenters. The second kappa shape index (κ2) is 9.40. The molecular weight excluding hydrogens is 359 g/mol. The van der Waals surface area contributed by atoms with Crippen LogP contribution in [-0.4, -0.2) is 17.3 Å². The highest BCUT2D eigenvalue weighted by molar-refractivity contribution is 6.35. The predicted octanol–water partition coefficient (Wildman–Crippen LogP) is 6.31. The third-order valence-electron chi connectivity index (χ3n) is 3.61. The molecule has 0 saturated carbocycles. The highest BCUT2D eigenvalue weighted by Gasteiger charge is 2.04. The predicted molar refractivity (Wildman–Crippen MR) is 105 cm³/mol. The topological polar surface area (TPSA) is 49.7 Å². The zero-order valence-electron chi connectivity index (χ0n) is 13.9. The zero-order chi connectivity index (χ0) is 18.2. The molecule has 0 saturated heterocycles. The number of hydrogen-bond acceptors (Lipinski definition) is 3. The molecule has 0 fully saturated rings. The summed E-state index contributed by atoms with van der Waals surface area (Å²) in [4.78, 5) is 0. The summed E-state index contributed by atoms with van der Waals surface area (Å²) >= 11 is 11.8. The number of ether oxygens (including phenoxy) is 1. The van der Waals surface area contributed by atoms with E-state index in [1.54, 1.807) is 18.2 Å². The van der Waals surface area contributed by atoms with E-state index < -0.39 is 0 Å². The van der Waals surface area contributed by atoms with Crippen molar-refractivity contribution >= 4 is 35.4 Å². The molecule has 25 heavy (non-hydrogen) atoms. The van der Waals surface area contributed by atoms with Crippen LogP contribution in [0.1, 0.15) is 30.4 Å². The molecule has 0 unspecified atom stereocenters. The van der Waals surface area contributed by atoms with E-state index in [-0.39, 0.29) is 16.5 Å². The molecule has 3 nitrogen and oxygen atoms in total. The summed E-state index contributed by atoms with van der Waals surface area (Å²) in [5, 5.41) is 20.3. The van der Waals surface area contributed by atoms with Gasteiger partial charge in [0.2, 0.25) is 0 Å². The van der Waals surface area contributed by atoms with E-state index in [9.17, 15) is 10.2 Å². The Labute approximate surface area is 157 Å². The van der Waals surface area contributed by atoms with Crippen molar-refractivity contribution in [3.8, 4) is 17.2 Å². The quantitative estimate of drug-likeness (QED) is 0.554. The average Bonchev–Trinajstić information content (AvgIpc) is 2.58. The van der Waals surface area contributed by atoms with Crippen molar-refractivity contribution in [2.24, 2.45) is 0 Å². The fraction of sp³-hybridized carbons (Fsp3) is 0.200. The van der Waals surface area contributed by atoms with Gasteiger partial charge in [0, 0.05) is 10.6 Å². The molecule has 2 aromatic rings. The molecule has 5 heteroatoms. The Bertz CT molecular complexity index is 783. The Morgan fingerprint density at radius 2 is 1.72 bits per heavy atom. The maximum absolute atomic E-state index is 9.87. The number of halogens is 2. The number of unbranched alkanes of at least 4 members (excludes halogenated alkanes) is 2. The maximum Gasteiger partial charge on any atom is 0.160 e. The van der Waals surface area contributed by atoms with E-state index in [4.69, 9.17) is 27.9 Å². The SMILES string of the molecule is COc1ccc(/C=C/CCC/C=C/c2cc(Cl)cc(Cl)c2O)cc1O. The van der Waals surface area contributed by atoms with Gasteiger partial charge in [-0.3, -0.25) is 0 Å². The average molecular weight is 379 g/mol. The molecule has 0 aromatic heterocycles. The van der Waals surface area contributed by atoms with Crippen molar-refractivity contribution in [1.29, 1.82) is 0 Å².